The second-order valence-corrected chi connectivity index (χ2v) is 24.6. The predicted octanol–water partition coefficient (Wildman–Crippen LogP) is 15.3. The summed E-state index contributed by atoms with van der Waals surface area (Å²) in [5, 5.41) is 3.23. The maximum Gasteiger partial charge on any atom is 0.120 e. The third-order valence-corrected chi connectivity index (χ3v) is 13.7. The summed E-state index contributed by atoms with van der Waals surface area (Å²) in [5.41, 5.74) is 14.3. The zero-order chi connectivity index (χ0) is 50.0. The van der Waals surface area contributed by atoms with Crippen LogP contribution in [0.5, 0.6) is 0 Å². The molecule has 0 aliphatic carbocycles. The Morgan fingerprint density at radius 1 is 0.815 bits per heavy atom. The number of rotatable bonds is 8. The molecule has 9 rings (SSSR count). The minimum absolute atomic E-state index is 0. The molecule has 0 amide bonds. The van der Waals surface area contributed by atoms with Gasteiger partial charge in [0.2, 0.25) is 0 Å². The Bertz CT molecular complexity index is 3310. The molecule has 1 radical (unpaired) electrons. The summed E-state index contributed by atoms with van der Waals surface area (Å²) in [6, 6.07) is 40.8. The van der Waals surface area contributed by atoms with E-state index in [1.54, 1.807) is 18.3 Å². The minimum Gasteiger partial charge on any atom is -0.501 e. The van der Waals surface area contributed by atoms with Gasteiger partial charge in [-0.05, 0) is 87.9 Å². The molecule has 0 saturated carbocycles. The fourth-order valence-electron chi connectivity index (χ4n) is 8.57. The Hall–Kier alpha value is -5.46. The van der Waals surface area contributed by atoms with Crippen LogP contribution in [0.2, 0.25) is 19.6 Å². The van der Waals surface area contributed by atoms with Crippen LogP contribution < -0.4 is 5.19 Å². The fraction of sp³-hybridized carbons (Fsp3) is 0.293. The van der Waals surface area contributed by atoms with Gasteiger partial charge in [-0.1, -0.05) is 153 Å². The van der Waals surface area contributed by atoms with Gasteiger partial charge in [-0.15, -0.1) is 53.1 Å². The number of imidazole rings is 1. The van der Waals surface area contributed by atoms with Crippen LogP contribution in [0.4, 0.5) is 0 Å². The normalized spacial score (nSPS) is 13.5. The maximum absolute atomic E-state index is 8.79. The van der Waals surface area contributed by atoms with E-state index in [1.807, 2.05) is 51.2 Å². The molecule has 5 aromatic carbocycles. The van der Waals surface area contributed by atoms with Crippen molar-refractivity contribution in [2.45, 2.75) is 107 Å². The fourth-order valence-corrected chi connectivity index (χ4v) is 9.97. The van der Waals surface area contributed by atoms with E-state index < -0.39 is 26.7 Å². The van der Waals surface area contributed by atoms with Gasteiger partial charge in [0.25, 0.3) is 0 Å². The standard InChI is InChI=1S/C38H34N3O.C20H28NSi.Ir/c1-22(2)30-20-27(26-12-8-7-9-13-26)21-31(23(3)4)36(30)41-35-25(6)39-19-18-32(35)40-38(41)29-17-16-24(5)34-28-14-10-11-15-33(28)42-37(29)34;1-15-8-10-16(11-9-15)18-12-17(13-20(2,3)4)19(14-21-18)22(5,6)7;/h7-16,18-23H,1-6H3;8-10,12,14H,13H2,1-7H3;/q2*-1;/i;1D3,13D2;. The minimum atomic E-state index is -2.17. The van der Waals surface area contributed by atoms with Crippen LogP contribution in [-0.2, 0) is 26.5 Å². The first kappa shape index (κ1) is 41.0. The summed E-state index contributed by atoms with van der Waals surface area (Å²) < 4.78 is 48.9. The molecular formula is C58H62IrN4OSi-2. The number of hydrogen-bond acceptors (Lipinski definition) is 4. The molecular weight excluding hydrogens is 989 g/mol. The number of furan rings is 1. The molecule has 0 fully saturated rings. The molecule has 0 spiro atoms. The first-order chi connectivity index (χ1) is 32.4. The van der Waals surface area contributed by atoms with Gasteiger partial charge < -0.3 is 14.0 Å². The van der Waals surface area contributed by atoms with Crippen molar-refractivity contribution in [3.05, 3.63) is 161 Å². The van der Waals surface area contributed by atoms with E-state index in [-0.39, 0.29) is 37.5 Å². The van der Waals surface area contributed by atoms with Crippen LogP contribution in [0.3, 0.4) is 0 Å². The molecule has 0 N–H and O–H groups in total. The van der Waals surface area contributed by atoms with Crippen molar-refractivity contribution in [2.24, 2.45) is 5.41 Å². The zero-order valence-electron chi connectivity index (χ0n) is 44.7. The maximum atomic E-state index is 8.79. The van der Waals surface area contributed by atoms with Gasteiger partial charge >= 0.3 is 0 Å². The van der Waals surface area contributed by atoms with Gasteiger partial charge in [-0.2, -0.15) is 0 Å². The predicted molar refractivity (Wildman–Crippen MR) is 273 cm³/mol. The molecule has 5 nitrogen and oxygen atoms in total. The van der Waals surface area contributed by atoms with Crippen LogP contribution in [0.15, 0.2) is 120 Å². The average Bonchev–Trinajstić information content (AvgIpc) is 3.89. The first-order valence-electron chi connectivity index (χ1n) is 24.8. The Balaban J connectivity index is 0.000000225. The van der Waals surface area contributed by atoms with E-state index in [9.17, 15) is 0 Å². The van der Waals surface area contributed by atoms with Crippen molar-refractivity contribution in [1.82, 2.24) is 19.5 Å². The number of hydrogen-bond donors (Lipinski definition) is 0. The molecule has 4 heterocycles. The van der Waals surface area contributed by atoms with Gasteiger partial charge in [0.05, 0.1) is 36.2 Å². The largest absolute Gasteiger partial charge is 0.501 e. The monoisotopic (exact) mass is 1060 g/mol. The van der Waals surface area contributed by atoms with E-state index >= 15 is 0 Å². The van der Waals surface area contributed by atoms with Gasteiger partial charge in [0, 0.05) is 50.4 Å². The summed E-state index contributed by atoms with van der Waals surface area (Å²) in [5.74, 6) is 1.37. The number of benzene rings is 5. The second kappa shape index (κ2) is 18.8. The SMILES string of the molecule is Cc1c[c-]c(-c2nc3ccnc(C)c3n2-c2c(C(C)C)cc(-c3ccccc3)cc2C(C)C)c2oc3ccccc3c12.[2H]C([2H])([2H])c1c[c-]c(-c2cc(C([2H])([2H])C(C)(C)C)c([Si](C)(C)C)cn2)cc1.[Ir]. The third-order valence-electron chi connectivity index (χ3n) is 11.7. The molecule has 0 saturated heterocycles. The van der Waals surface area contributed by atoms with Crippen LogP contribution >= 0.6 is 0 Å². The second-order valence-electron chi connectivity index (χ2n) is 19.6. The van der Waals surface area contributed by atoms with Gasteiger partial charge in [0.15, 0.2) is 0 Å². The van der Waals surface area contributed by atoms with Crippen molar-refractivity contribution >= 4 is 46.2 Å². The van der Waals surface area contributed by atoms with Crippen molar-refractivity contribution < 1.29 is 31.4 Å². The third kappa shape index (κ3) is 9.75. The molecule has 0 bridgehead atoms. The van der Waals surface area contributed by atoms with Gasteiger partial charge in [-0.25, -0.2) is 0 Å². The zero-order valence-corrected chi connectivity index (χ0v) is 43.0. The number of aryl methyl sites for hydroxylation is 3. The molecule has 0 aliphatic heterocycles. The van der Waals surface area contributed by atoms with Crippen molar-refractivity contribution in [3.8, 4) is 39.5 Å². The molecule has 0 unspecified atom stereocenters. The van der Waals surface area contributed by atoms with E-state index in [0.717, 1.165) is 60.8 Å². The summed E-state index contributed by atoms with van der Waals surface area (Å²) in [7, 11) is -1.81. The van der Waals surface area contributed by atoms with Gasteiger partial charge in [-0.3, -0.25) is 9.97 Å². The van der Waals surface area contributed by atoms with Crippen LogP contribution in [-0.4, -0.2) is 27.6 Å². The van der Waals surface area contributed by atoms with Crippen molar-refractivity contribution in [2.75, 3.05) is 0 Å². The number of para-hydroxylation sites is 1. The first-order valence-corrected chi connectivity index (χ1v) is 25.8. The molecule has 9 aromatic rings. The number of nitrogens with zero attached hydrogens (tertiary/aromatic N) is 4. The van der Waals surface area contributed by atoms with E-state index in [1.165, 1.54) is 34.0 Å². The smallest absolute Gasteiger partial charge is 0.120 e. The molecule has 335 valence electrons. The topological polar surface area (TPSA) is 56.7 Å². The van der Waals surface area contributed by atoms with Crippen molar-refractivity contribution in [3.63, 3.8) is 0 Å². The summed E-state index contributed by atoms with van der Waals surface area (Å²) >= 11 is 0. The molecule has 7 heteroatoms. The van der Waals surface area contributed by atoms with Crippen LogP contribution in [0, 0.1) is 38.2 Å². The Labute approximate surface area is 408 Å². The average molecular weight is 1060 g/mol. The molecule has 4 aromatic heterocycles. The summed E-state index contributed by atoms with van der Waals surface area (Å²) in [6.45, 7) is 23.4. The number of pyridine rings is 2. The number of aromatic nitrogens is 4. The summed E-state index contributed by atoms with van der Waals surface area (Å²) in [6.07, 6.45) is 2.12. The Morgan fingerprint density at radius 2 is 1.51 bits per heavy atom. The Kier molecular flexibility index (Phi) is 11.9. The van der Waals surface area contributed by atoms with Crippen LogP contribution in [0.25, 0.3) is 72.4 Å². The van der Waals surface area contributed by atoms with E-state index in [2.05, 4.69) is 144 Å². The Morgan fingerprint density at radius 3 is 2.14 bits per heavy atom. The van der Waals surface area contributed by atoms with E-state index in [4.69, 9.17) is 21.2 Å². The summed E-state index contributed by atoms with van der Waals surface area (Å²) in [4.78, 5) is 14.6. The van der Waals surface area contributed by atoms with Gasteiger partial charge in [0.1, 0.15) is 5.58 Å². The van der Waals surface area contributed by atoms with Crippen molar-refractivity contribution in [1.29, 1.82) is 0 Å². The number of fused-ring (bicyclic) bond motifs is 4. The molecule has 0 atom stereocenters. The van der Waals surface area contributed by atoms with Crippen LogP contribution in [0.1, 0.15) is 101 Å². The molecule has 0 aliphatic rings. The van der Waals surface area contributed by atoms with E-state index in [0.29, 0.717) is 16.8 Å². The quantitative estimate of drug-likeness (QED) is 0.112. The molecule has 65 heavy (non-hydrogen) atoms.